The molecule has 0 heterocycles. The lowest BCUT2D eigenvalue weighted by Crippen LogP contribution is -2.11. The molecule has 1 unspecified atom stereocenters. The Morgan fingerprint density at radius 3 is 2.67 bits per heavy atom. The van der Waals surface area contributed by atoms with E-state index in [9.17, 15) is 0 Å². The first-order chi connectivity index (χ1) is 5.75. The molecule has 0 aliphatic heterocycles. The molecule has 0 fully saturated rings. The van der Waals surface area contributed by atoms with Crippen molar-refractivity contribution >= 4 is 28.6 Å². The molecule has 3 heteroatoms. The van der Waals surface area contributed by atoms with Crippen molar-refractivity contribution in [1.29, 1.82) is 0 Å². The van der Waals surface area contributed by atoms with Crippen molar-refractivity contribution in [2.45, 2.75) is 12.5 Å². The van der Waals surface area contributed by atoms with Crippen LogP contribution in [0.3, 0.4) is 0 Å². The Balaban J connectivity index is 2.79. The zero-order valence-electron chi connectivity index (χ0n) is 6.70. The molecule has 2 N–H and O–H groups in total. The number of benzene rings is 1. The third-order valence-corrected chi connectivity index (χ3v) is 2.73. The quantitative estimate of drug-likeness (QED) is 0.788. The largest absolute Gasteiger partial charge is 0.324 e. The summed E-state index contributed by atoms with van der Waals surface area (Å²) < 4.78 is 1.08. The second-order valence-electron chi connectivity index (χ2n) is 2.64. The van der Waals surface area contributed by atoms with Crippen molar-refractivity contribution < 1.29 is 0 Å². The third kappa shape index (κ3) is 2.51. The van der Waals surface area contributed by atoms with Crippen molar-refractivity contribution in [2.75, 3.05) is 5.75 Å². The van der Waals surface area contributed by atoms with Gasteiger partial charge in [0.15, 0.2) is 0 Å². The predicted octanol–water partition coefficient (Wildman–Crippen LogP) is 2.77. The van der Waals surface area contributed by atoms with E-state index in [-0.39, 0.29) is 6.04 Å². The maximum Gasteiger partial charge on any atom is 0.0313 e. The summed E-state index contributed by atoms with van der Waals surface area (Å²) in [5.74, 6) is 0.822. The molecule has 0 saturated carbocycles. The van der Waals surface area contributed by atoms with Gasteiger partial charge in [-0.05, 0) is 23.8 Å². The third-order valence-electron chi connectivity index (χ3n) is 1.74. The second-order valence-corrected chi connectivity index (χ2v) is 3.94. The summed E-state index contributed by atoms with van der Waals surface area (Å²) in [5.41, 5.74) is 7.09. The van der Waals surface area contributed by atoms with E-state index in [0.29, 0.717) is 0 Å². The van der Waals surface area contributed by atoms with Gasteiger partial charge in [-0.15, -0.1) is 0 Å². The highest BCUT2D eigenvalue weighted by atomic mass is 79.9. The highest BCUT2D eigenvalue weighted by Gasteiger charge is 2.07. The maximum atomic E-state index is 5.93. The van der Waals surface area contributed by atoms with Gasteiger partial charge >= 0.3 is 0 Å². The zero-order valence-corrected chi connectivity index (χ0v) is 9.18. The Labute approximate surface area is 86.9 Å². The van der Waals surface area contributed by atoms with E-state index in [1.165, 1.54) is 0 Å². The van der Waals surface area contributed by atoms with Crippen LogP contribution in [0.5, 0.6) is 0 Å². The first kappa shape index (κ1) is 10.1. The molecule has 12 heavy (non-hydrogen) atoms. The van der Waals surface area contributed by atoms with Crippen LogP contribution >= 0.6 is 28.6 Å². The summed E-state index contributed by atoms with van der Waals surface area (Å²) in [6, 6.07) is 8.13. The number of hydrogen-bond donors (Lipinski definition) is 2. The van der Waals surface area contributed by atoms with Crippen molar-refractivity contribution in [1.82, 2.24) is 0 Å². The van der Waals surface area contributed by atoms with E-state index in [4.69, 9.17) is 5.73 Å². The van der Waals surface area contributed by atoms with Crippen LogP contribution < -0.4 is 5.73 Å². The van der Waals surface area contributed by atoms with Crippen LogP contribution in [0.25, 0.3) is 0 Å². The smallest absolute Gasteiger partial charge is 0.0313 e. The van der Waals surface area contributed by atoms with Gasteiger partial charge in [-0.3, -0.25) is 0 Å². The first-order valence-corrected chi connectivity index (χ1v) is 5.29. The number of rotatable bonds is 3. The van der Waals surface area contributed by atoms with E-state index in [1.54, 1.807) is 0 Å². The Morgan fingerprint density at radius 2 is 2.08 bits per heavy atom. The molecular weight excluding hydrogens is 234 g/mol. The zero-order chi connectivity index (χ0) is 8.97. The van der Waals surface area contributed by atoms with Crippen LogP contribution in [0.15, 0.2) is 28.7 Å². The lowest BCUT2D eigenvalue weighted by molar-refractivity contribution is 0.703. The van der Waals surface area contributed by atoms with Gasteiger partial charge in [-0.1, -0.05) is 34.1 Å². The number of hydrogen-bond acceptors (Lipinski definition) is 2. The topological polar surface area (TPSA) is 26.0 Å². The molecule has 1 rings (SSSR count). The molecule has 1 aromatic rings. The van der Waals surface area contributed by atoms with Gasteiger partial charge in [-0.25, -0.2) is 0 Å². The monoisotopic (exact) mass is 245 g/mol. The van der Waals surface area contributed by atoms with Gasteiger partial charge in [0, 0.05) is 10.5 Å². The number of halogens is 1. The fourth-order valence-corrected chi connectivity index (χ4v) is 1.93. The Hall–Kier alpha value is 0.01000. The van der Waals surface area contributed by atoms with Crippen LogP contribution in [-0.4, -0.2) is 5.75 Å². The molecule has 66 valence electrons. The maximum absolute atomic E-state index is 5.93. The van der Waals surface area contributed by atoms with Crippen LogP contribution in [-0.2, 0) is 0 Å². The average Bonchev–Trinajstić information content (AvgIpc) is 2.05. The molecule has 0 bridgehead atoms. The molecule has 0 amide bonds. The molecule has 1 atom stereocenters. The molecule has 1 aromatic carbocycles. The minimum atomic E-state index is 0.0954. The SMILES string of the molecule is NC(CCS)c1ccccc1Br. The molecule has 0 aromatic heterocycles. The minimum Gasteiger partial charge on any atom is -0.324 e. The fourth-order valence-electron chi connectivity index (χ4n) is 1.07. The van der Waals surface area contributed by atoms with Gasteiger partial charge in [0.2, 0.25) is 0 Å². The first-order valence-electron chi connectivity index (χ1n) is 3.86. The van der Waals surface area contributed by atoms with E-state index in [1.807, 2.05) is 24.3 Å². The molecule has 0 radical (unpaired) electrons. The summed E-state index contributed by atoms with van der Waals surface area (Å²) in [7, 11) is 0. The summed E-state index contributed by atoms with van der Waals surface area (Å²) >= 11 is 7.61. The van der Waals surface area contributed by atoms with Gasteiger partial charge in [0.1, 0.15) is 0 Å². The molecule has 0 aliphatic carbocycles. The van der Waals surface area contributed by atoms with Crippen molar-refractivity contribution in [3.05, 3.63) is 34.3 Å². The van der Waals surface area contributed by atoms with Crippen molar-refractivity contribution in [3.63, 3.8) is 0 Å². The van der Waals surface area contributed by atoms with Crippen molar-refractivity contribution in [3.8, 4) is 0 Å². The highest BCUT2D eigenvalue weighted by molar-refractivity contribution is 9.10. The van der Waals surface area contributed by atoms with Crippen molar-refractivity contribution in [2.24, 2.45) is 5.73 Å². The summed E-state index contributed by atoms with van der Waals surface area (Å²) in [6.07, 6.45) is 0.908. The van der Waals surface area contributed by atoms with E-state index in [2.05, 4.69) is 28.6 Å². The summed E-state index contributed by atoms with van der Waals surface area (Å²) in [4.78, 5) is 0. The molecule has 0 saturated heterocycles. The van der Waals surface area contributed by atoms with Crippen LogP contribution in [0.1, 0.15) is 18.0 Å². The molecule has 1 nitrogen and oxygen atoms in total. The Morgan fingerprint density at radius 1 is 1.42 bits per heavy atom. The van der Waals surface area contributed by atoms with Crippen LogP contribution in [0, 0.1) is 0 Å². The summed E-state index contributed by atoms with van der Waals surface area (Å²) in [5, 5.41) is 0. The van der Waals surface area contributed by atoms with Crippen LogP contribution in [0.4, 0.5) is 0 Å². The van der Waals surface area contributed by atoms with Crippen LogP contribution in [0.2, 0.25) is 0 Å². The average molecular weight is 246 g/mol. The Kier molecular flexibility index (Phi) is 4.12. The normalized spacial score (nSPS) is 12.9. The second kappa shape index (κ2) is 4.90. The number of nitrogens with two attached hydrogens (primary N) is 1. The lowest BCUT2D eigenvalue weighted by Gasteiger charge is -2.11. The van der Waals surface area contributed by atoms with Gasteiger partial charge in [-0.2, -0.15) is 12.6 Å². The van der Waals surface area contributed by atoms with E-state index >= 15 is 0 Å². The van der Waals surface area contributed by atoms with Gasteiger partial charge in [0.25, 0.3) is 0 Å². The number of thiol groups is 1. The van der Waals surface area contributed by atoms with E-state index in [0.717, 1.165) is 22.2 Å². The highest BCUT2D eigenvalue weighted by Crippen LogP contribution is 2.23. The Bertz CT molecular complexity index is 252. The van der Waals surface area contributed by atoms with E-state index < -0.39 is 0 Å². The minimum absolute atomic E-state index is 0.0954. The van der Waals surface area contributed by atoms with Gasteiger partial charge in [0.05, 0.1) is 0 Å². The standard InChI is InChI=1S/C9H12BrNS/c10-8-4-2-1-3-7(8)9(11)5-6-12/h1-4,9,12H,5-6,11H2. The van der Waals surface area contributed by atoms with Gasteiger partial charge < -0.3 is 5.73 Å². The molecular formula is C9H12BrNS. The predicted molar refractivity (Wildman–Crippen MR) is 59.5 cm³/mol. The lowest BCUT2D eigenvalue weighted by atomic mass is 10.1. The molecule has 0 spiro atoms. The fraction of sp³-hybridized carbons (Fsp3) is 0.333. The molecule has 0 aliphatic rings. The summed E-state index contributed by atoms with van der Waals surface area (Å²) in [6.45, 7) is 0.